The summed E-state index contributed by atoms with van der Waals surface area (Å²) in [6.45, 7) is 0.192. The molecular formula is C13H11FN4O2. The summed E-state index contributed by atoms with van der Waals surface area (Å²) < 4.78 is 15.3. The van der Waals surface area contributed by atoms with E-state index in [4.69, 9.17) is 5.26 Å². The van der Waals surface area contributed by atoms with Gasteiger partial charge in [0.1, 0.15) is 17.5 Å². The van der Waals surface area contributed by atoms with Crippen molar-refractivity contribution < 1.29 is 9.31 Å². The molecule has 1 aromatic heterocycles. The minimum atomic E-state index is -0.685. The van der Waals surface area contributed by atoms with Gasteiger partial charge in [0.25, 0.3) is 5.69 Å². The number of nitro benzene ring substituents is 1. The maximum absolute atomic E-state index is 13.6. The van der Waals surface area contributed by atoms with Crippen molar-refractivity contribution in [3.8, 4) is 6.07 Å². The molecule has 0 saturated heterocycles. The summed E-state index contributed by atoms with van der Waals surface area (Å²) >= 11 is 0. The number of aryl methyl sites for hydroxylation is 1. The van der Waals surface area contributed by atoms with Crippen molar-refractivity contribution in [1.82, 2.24) is 4.57 Å². The fourth-order valence-electron chi connectivity index (χ4n) is 1.87. The Balaban J connectivity index is 2.23. The summed E-state index contributed by atoms with van der Waals surface area (Å²) in [7, 11) is 1.72. The minimum absolute atomic E-state index is 0.153. The third-order valence-electron chi connectivity index (χ3n) is 2.83. The van der Waals surface area contributed by atoms with Crippen LogP contribution in [-0.2, 0) is 13.6 Å². The molecule has 20 heavy (non-hydrogen) atoms. The van der Waals surface area contributed by atoms with Crippen molar-refractivity contribution in [3.63, 3.8) is 0 Å². The number of nitrogens with one attached hydrogen (secondary N) is 1. The zero-order chi connectivity index (χ0) is 14.7. The molecule has 0 spiro atoms. The highest BCUT2D eigenvalue weighted by atomic mass is 19.1. The van der Waals surface area contributed by atoms with Gasteiger partial charge in [-0.05, 0) is 17.7 Å². The fourth-order valence-corrected chi connectivity index (χ4v) is 1.87. The van der Waals surface area contributed by atoms with Crippen LogP contribution in [0.3, 0.4) is 0 Å². The van der Waals surface area contributed by atoms with Crippen LogP contribution < -0.4 is 5.32 Å². The number of anilines is 1. The molecule has 1 heterocycles. The van der Waals surface area contributed by atoms with Crippen LogP contribution >= 0.6 is 0 Å². The highest BCUT2D eigenvalue weighted by molar-refractivity contribution is 5.62. The van der Waals surface area contributed by atoms with Crippen LogP contribution in [0.15, 0.2) is 30.5 Å². The Morgan fingerprint density at radius 3 is 2.90 bits per heavy atom. The van der Waals surface area contributed by atoms with Crippen LogP contribution in [0.5, 0.6) is 0 Å². The molecule has 0 aliphatic heterocycles. The normalized spacial score (nSPS) is 10.1. The van der Waals surface area contributed by atoms with E-state index >= 15 is 0 Å². The van der Waals surface area contributed by atoms with Crippen LogP contribution in [0.2, 0.25) is 0 Å². The topological polar surface area (TPSA) is 83.9 Å². The Hall–Kier alpha value is -2.88. The standard InChI is InChI=1S/C13H11FN4O2/c1-17-8-9(5-10(17)6-15)7-16-13-11(14)3-2-4-12(13)18(19)20/h2-5,8,16H,7H2,1H3. The number of nitro groups is 1. The number of nitrogens with zero attached hydrogens (tertiary/aromatic N) is 3. The second-order valence-electron chi connectivity index (χ2n) is 4.20. The van der Waals surface area contributed by atoms with E-state index in [0.717, 1.165) is 11.6 Å². The van der Waals surface area contributed by atoms with Crippen molar-refractivity contribution >= 4 is 11.4 Å². The number of nitriles is 1. The van der Waals surface area contributed by atoms with Gasteiger partial charge >= 0.3 is 0 Å². The molecule has 0 atom stereocenters. The molecule has 7 heteroatoms. The van der Waals surface area contributed by atoms with Crippen molar-refractivity contribution in [2.45, 2.75) is 6.54 Å². The average Bonchev–Trinajstić information content (AvgIpc) is 2.77. The van der Waals surface area contributed by atoms with Gasteiger partial charge in [0.05, 0.1) is 4.92 Å². The Morgan fingerprint density at radius 1 is 1.55 bits per heavy atom. The molecule has 0 fully saturated rings. The lowest BCUT2D eigenvalue weighted by Crippen LogP contribution is -2.04. The zero-order valence-electron chi connectivity index (χ0n) is 10.6. The second kappa shape index (κ2) is 5.40. The minimum Gasteiger partial charge on any atom is -0.373 e. The van der Waals surface area contributed by atoms with E-state index in [1.54, 1.807) is 23.9 Å². The van der Waals surface area contributed by atoms with E-state index in [1.807, 2.05) is 6.07 Å². The molecule has 0 aliphatic carbocycles. The summed E-state index contributed by atoms with van der Waals surface area (Å²) in [4.78, 5) is 10.2. The monoisotopic (exact) mass is 274 g/mol. The smallest absolute Gasteiger partial charge is 0.295 e. The average molecular weight is 274 g/mol. The van der Waals surface area contributed by atoms with Gasteiger partial charge in [-0.1, -0.05) is 6.07 Å². The molecule has 0 saturated carbocycles. The van der Waals surface area contributed by atoms with Gasteiger partial charge in [0.15, 0.2) is 5.82 Å². The maximum atomic E-state index is 13.6. The van der Waals surface area contributed by atoms with E-state index in [-0.39, 0.29) is 17.9 Å². The molecule has 2 rings (SSSR count). The highest BCUT2D eigenvalue weighted by Crippen LogP contribution is 2.27. The zero-order valence-corrected chi connectivity index (χ0v) is 10.6. The summed E-state index contributed by atoms with van der Waals surface area (Å²) in [6.07, 6.45) is 1.71. The van der Waals surface area contributed by atoms with Crippen LogP contribution in [0.1, 0.15) is 11.3 Å². The van der Waals surface area contributed by atoms with E-state index in [0.29, 0.717) is 5.69 Å². The SMILES string of the molecule is Cn1cc(CNc2c(F)cccc2[N+](=O)[O-])cc1C#N. The number of para-hydroxylation sites is 1. The molecule has 6 nitrogen and oxygen atoms in total. The van der Waals surface area contributed by atoms with Gasteiger partial charge in [0, 0.05) is 25.9 Å². The van der Waals surface area contributed by atoms with E-state index in [1.165, 1.54) is 12.1 Å². The van der Waals surface area contributed by atoms with Gasteiger partial charge < -0.3 is 9.88 Å². The van der Waals surface area contributed by atoms with Crippen LogP contribution in [-0.4, -0.2) is 9.49 Å². The van der Waals surface area contributed by atoms with Crippen molar-refractivity contribution in [2.75, 3.05) is 5.32 Å². The second-order valence-corrected chi connectivity index (χ2v) is 4.20. The number of rotatable bonds is 4. The third-order valence-corrected chi connectivity index (χ3v) is 2.83. The first-order chi connectivity index (χ1) is 9.52. The Bertz CT molecular complexity index is 703. The molecule has 0 aliphatic rings. The molecule has 0 radical (unpaired) electrons. The number of benzene rings is 1. The molecule has 1 aromatic carbocycles. The highest BCUT2D eigenvalue weighted by Gasteiger charge is 2.17. The van der Waals surface area contributed by atoms with Gasteiger partial charge in [-0.25, -0.2) is 4.39 Å². The maximum Gasteiger partial charge on any atom is 0.295 e. The molecule has 2 aromatic rings. The lowest BCUT2D eigenvalue weighted by molar-refractivity contribution is -0.384. The molecule has 0 amide bonds. The van der Waals surface area contributed by atoms with Crippen molar-refractivity contribution in [3.05, 3.63) is 57.7 Å². The molecule has 102 valence electrons. The number of hydrogen-bond donors (Lipinski definition) is 1. The van der Waals surface area contributed by atoms with Crippen LogP contribution in [0, 0.1) is 27.3 Å². The summed E-state index contributed by atoms with van der Waals surface area (Å²) in [5.41, 5.74) is 0.729. The van der Waals surface area contributed by atoms with Gasteiger partial charge in [-0.3, -0.25) is 10.1 Å². The lowest BCUT2D eigenvalue weighted by Gasteiger charge is -2.06. The number of aromatic nitrogens is 1. The first kappa shape index (κ1) is 13.5. The molecule has 1 N–H and O–H groups in total. The van der Waals surface area contributed by atoms with E-state index < -0.39 is 10.7 Å². The largest absolute Gasteiger partial charge is 0.373 e. The number of halogens is 1. The third kappa shape index (κ3) is 2.59. The van der Waals surface area contributed by atoms with Crippen molar-refractivity contribution in [2.24, 2.45) is 7.05 Å². The van der Waals surface area contributed by atoms with E-state index in [2.05, 4.69) is 5.32 Å². The first-order valence-electron chi connectivity index (χ1n) is 5.75. The quantitative estimate of drug-likeness (QED) is 0.686. The van der Waals surface area contributed by atoms with Crippen LogP contribution in [0.4, 0.5) is 15.8 Å². The summed E-state index contributed by atoms with van der Waals surface area (Å²) in [5.74, 6) is -0.685. The molecule has 0 bridgehead atoms. The lowest BCUT2D eigenvalue weighted by atomic mass is 10.2. The summed E-state index contributed by atoms with van der Waals surface area (Å²) in [5, 5.41) is 22.4. The molecule has 0 unspecified atom stereocenters. The van der Waals surface area contributed by atoms with E-state index in [9.17, 15) is 14.5 Å². The Labute approximate surface area is 114 Å². The Morgan fingerprint density at radius 2 is 2.30 bits per heavy atom. The number of hydrogen-bond acceptors (Lipinski definition) is 4. The predicted molar refractivity (Wildman–Crippen MR) is 70.5 cm³/mol. The summed E-state index contributed by atoms with van der Waals surface area (Å²) in [6, 6.07) is 7.32. The molecular weight excluding hydrogens is 263 g/mol. The van der Waals surface area contributed by atoms with Crippen molar-refractivity contribution in [1.29, 1.82) is 5.26 Å². The first-order valence-corrected chi connectivity index (χ1v) is 5.75. The van der Waals surface area contributed by atoms with Crippen LogP contribution in [0.25, 0.3) is 0 Å². The Kier molecular flexibility index (Phi) is 3.66. The van der Waals surface area contributed by atoms with Gasteiger partial charge in [0.2, 0.25) is 0 Å². The van der Waals surface area contributed by atoms with Gasteiger partial charge in [-0.15, -0.1) is 0 Å². The fraction of sp³-hybridized carbons (Fsp3) is 0.154. The predicted octanol–water partition coefficient (Wildman–Crippen LogP) is 2.56. The van der Waals surface area contributed by atoms with Gasteiger partial charge in [-0.2, -0.15) is 5.26 Å².